The van der Waals surface area contributed by atoms with Crippen molar-refractivity contribution in [3.8, 4) is 0 Å². The summed E-state index contributed by atoms with van der Waals surface area (Å²) < 4.78 is 0. The predicted molar refractivity (Wildman–Crippen MR) is 75.4 cm³/mol. The third-order valence-corrected chi connectivity index (χ3v) is 4.78. The second-order valence-corrected chi connectivity index (χ2v) is 6.10. The fraction of sp³-hybridized carbons (Fsp3) is 0.500. The molecule has 20 heavy (non-hydrogen) atoms. The summed E-state index contributed by atoms with van der Waals surface area (Å²) in [5.41, 5.74) is 0.952. The fourth-order valence-electron chi connectivity index (χ4n) is 3.55. The van der Waals surface area contributed by atoms with Gasteiger partial charge in [-0.05, 0) is 43.2 Å². The summed E-state index contributed by atoms with van der Waals surface area (Å²) in [7, 11) is 0. The average Bonchev–Trinajstić information content (AvgIpc) is 2.77. The molecule has 0 atom stereocenters. The first-order valence-corrected chi connectivity index (χ1v) is 7.18. The van der Waals surface area contributed by atoms with E-state index in [9.17, 15) is 9.59 Å². The van der Waals surface area contributed by atoms with E-state index >= 15 is 0 Å². The zero-order valence-corrected chi connectivity index (χ0v) is 11.4. The maximum Gasteiger partial charge on any atom is 0.306 e. The maximum atomic E-state index is 12.3. The van der Waals surface area contributed by atoms with Crippen LogP contribution in [0.25, 0.3) is 0 Å². The van der Waals surface area contributed by atoms with Gasteiger partial charge in [-0.15, -0.1) is 0 Å². The van der Waals surface area contributed by atoms with Crippen LogP contribution in [-0.2, 0) is 9.59 Å². The van der Waals surface area contributed by atoms with Crippen LogP contribution in [-0.4, -0.2) is 23.5 Å². The number of hydrogen-bond acceptors (Lipinski definition) is 2. The number of nitrogens with zero attached hydrogens (tertiary/aromatic N) is 1. The number of carbonyl (C=O) groups excluding carboxylic acids is 1. The zero-order valence-electron chi connectivity index (χ0n) is 11.4. The molecule has 1 heterocycles. The number of carboxylic acid groups (broad SMARTS) is 1. The first-order chi connectivity index (χ1) is 9.60. The van der Waals surface area contributed by atoms with Crippen LogP contribution in [0, 0.1) is 11.3 Å². The van der Waals surface area contributed by atoms with Crippen LogP contribution in [0.15, 0.2) is 30.3 Å². The SMILES string of the molecule is O=C(O)C1CCC2(CC1)CC(=O)N(c1ccccc1)C2. The molecule has 1 aromatic carbocycles. The van der Waals surface area contributed by atoms with Gasteiger partial charge < -0.3 is 10.0 Å². The van der Waals surface area contributed by atoms with Crippen molar-refractivity contribution in [3.05, 3.63) is 30.3 Å². The molecule has 1 spiro atoms. The number of carboxylic acids is 1. The zero-order chi connectivity index (χ0) is 14.2. The Labute approximate surface area is 118 Å². The van der Waals surface area contributed by atoms with Gasteiger partial charge in [0.15, 0.2) is 0 Å². The first-order valence-electron chi connectivity index (χ1n) is 7.18. The van der Waals surface area contributed by atoms with Gasteiger partial charge in [0.25, 0.3) is 0 Å². The largest absolute Gasteiger partial charge is 0.481 e. The van der Waals surface area contributed by atoms with Gasteiger partial charge in [-0.2, -0.15) is 0 Å². The Hall–Kier alpha value is -1.84. The van der Waals surface area contributed by atoms with E-state index in [2.05, 4.69) is 0 Å². The summed E-state index contributed by atoms with van der Waals surface area (Å²) >= 11 is 0. The highest BCUT2D eigenvalue weighted by molar-refractivity contribution is 5.96. The summed E-state index contributed by atoms with van der Waals surface area (Å²) in [6.45, 7) is 0.738. The molecule has 1 saturated carbocycles. The Balaban J connectivity index is 1.73. The van der Waals surface area contributed by atoms with Gasteiger partial charge in [0.2, 0.25) is 5.91 Å². The predicted octanol–water partition coefficient (Wildman–Crippen LogP) is 2.68. The molecule has 1 aromatic rings. The van der Waals surface area contributed by atoms with Gasteiger partial charge in [0.1, 0.15) is 0 Å². The van der Waals surface area contributed by atoms with E-state index in [1.807, 2.05) is 35.2 Å². The summed E-state index contributed by atoms with van der Waals surface area (Å²) in [5.74, 6) is -0.740. The van der Waals surface area contributed by atoms with E-state index in [1.54, 1.807) is 0 Å². The summed E-state index contributed by atoms with van der Waals surface area (Å²) in [5, 5.41) is 9.07. The van der Waals surface area contributed by atoms with Crippen molar-refractivity contribution in [1.29, 1.82) is 0 Å². The van der Waals surface area contributed by atoms with Crippen LogP contribution in [0.4, 0.5) is 5.69 Å². The minimum atomic E-state index is -0.691. The molecule has 1 N–H and O–H groups in total. The van der Waals surface area contributed by atoms with E-state index in [-0.39, 0.29) is 17.2 Å². The smallest absolute Gasteiger partial charge is 0.306 e. The second-order valence-electron chi connectivity index (χ2n) is 6.10. The van der Waals surface area contributed by atoms with E-state index in [4.69, 9.17) is 5.11 Å². The van der Waals surface area contributed by atoms with E-state index in [0.29, 0.717) is 19.3 Å². The van der Waals surface area contributed by atoms with Crippen molar-refractivity contribution in [3.63, 3.8) is 0 Å². The number of benzene rings is 1. The number of carbonyl (C=O) groups is 2. The Bertz CT molecular complexity index is 518. The Morgan fingerprint density at radius 3 is 2.45 bits per heavy atom. The molecule has 4 nitrogen and oxygen atoms in total. The van der Waals surface area contributed by atoms with E-state index < -0.39 is 5.97 Å². The van der Waals surface area contributed by atoms with Crippen LogP contribution in [0.2, 0.25) is 0 Å². The topological polar surface area (TPSA) is 57.6 Å². The van der Waals surface area contributed by atoms with E-state index in [1.165, 1.54) is 0 Å². The number of rotatable bonds is 2. The molecule has 0 radical (unpaired) electrons. The number of hydrogen-bond donors (Lipinski definition) is 1. The summed E-state index contributed by atoms with van der Waals surface area (Å²) in [6, 6.07) is 9.74. The average molecular weight is 273 g/mol. The Morgan fingerprint density at radius 2 is 1.85 bits per heavy atom. The molecule has 1 amide bonds. The highest BCUT2D eigenvalue weighted by Crippen LogP contribution is 2.46. The fourth-order valence-corrected chi connectivity index (χ4v) is 3.55. The molecule has 3 rings (SSSR count). The molecule has 1 aliphatic heterocycles. The third kappa shape index (κ3) is 2.30. The van der Waals surface area contributed by atoms with Gasteiger partial charge >= 0.3 is 5.97 Å². The standard InChI is InChI=1S/C16H19NO3/c18-14-10-16(8-6-12(7-9-16)15(19)20)11-17(14)13-4-2-1-3-5-13/h1-5,12H,6-11H2,(H,19,20). The summed E-state index contributed by atoms with van der Waals surface area (Å²) in [4.78, 5) is 25.2. The maximum absolute atomic E-state index is 12.3. The van der Waals surface area contributed by atoms with Crippen molar-refractivity contribution in [2.75, 3.05) is 11.4 Å². The van der Waals surface area contributed by atoms with Crippen molar-refractivity contribution in [2.24, 2.45) is 11.3 Å². The van der Waals surface area contributed by atoms with Gasteiger partial charge in [-0.3, -0.25) is 9.59 Å². The van der Waals surface area contributed by atoms with Crippen LogP contribution >= 0.6 is 0 Å². The van der Waals surface area contributed by atoms with Gasteiger partial charge in [0, 0.05) is 18.7 Å². The van der Waals surface area contributed by atoms with Crippen molar-refractivity contribution < 1.29 is 14.7 Å². The third-order valence-electron chi connectivity index (χ3n) is 4.78. The number of anilines is 1. The molecule has 2 aliphatic rings. The van der Waals surface area contributed by atoms with Crippen LogP contribution in [0.1, 0.15) is 32.1 Å². The summed E-state index contributed by atoms with van der Waals surface area (Å²) in [6.07, 6.45) is 3.66. The molecule has 1 aliphatic carbocycles. The van der Waals surface area contributed by atoms with Crippen LogP contribution in [0.3, 0.4) is 0 Å². The van der Waals surface area contributed by atoms with Crippen molar-refractivity contribution in [2.45, 2.75) is 32.1 Å². The quantitative estimate of drug-likeness (QED) is 0.901. The molecule has 2 fully saturated rings. The van der Waals surface area contributed by atoms with Crippen LogP contribution in [0.5, 0.6) is 0 Å². The normalized spacial score (nSPS) is 29.9. The molecular weight excluding hydrogens is 254 g/mol. The molecule has 0 aromatic heterocycles. The van der Waals surface area contributed by atoms with Crippen LogP contribution < -0.4 is 4.90 Å². The lowest BCUT2D eigenvalue weighted by atomic mass is 9.70. The van der Waals surface area contributed by atoms with Crippen molar-refractivity contribution >= 4 is 17.6 Å². The lowest BCUT2D eigenvalue weighted by molar-refractivity contribution is -0.143. The van der Waals surface area contributed by atoms with Gasteiger partial charge in [-0.1, -0.05) is 18.2 Å². The van der Waals surface area contributed by atoms with Gasteiger partial charge in [-0.25, -0.2) is 0 Å². The molecule has 0 unspecified atom stereocenters. The van der Waals surface area contributed by atoms with Crippen molar-refractivity contribution in [1.82, 2.24) is 0 Å². The number of aliphatic carboxylic acids is 1. The number of amides is 1. The molecule has 4 heteroatoms. The monoisotopic (exact) mass is 273 g/mol. The first kappa shape index (κ1) is 13.2. The lowest BCUT2D eigenvalue weighted by Gasteiger charge is -2.35. The lowest BCUT2D eigenvalue weighted by Crippen LogP contribution is -2.33. The molecule has 1 saturated heterocycles. The highest BCUT2D eigenvalue weighted by Gasteiger charge is 2.46. The highest BCUT2D eigenvalue weighted by atomic mass is 16.4. The van der Waals surface area contributed by atoms with Gasteiger partial charge in [0.05, 0.1) is 5.92 Å². The Kier molecular flexibility index (Phi) is 3.24. The molecule has 106 valence electrons. The Morgan fingerprint density at radius 1 is 1.20 bits per heavy atom. The van der Waals surface area contributed by atoms with E-state index in [0.717, 1.165) is 25.1 Å². The second kappa shape index (κ2) is 4.93. The minimum Gasteiger partial charge on any atom is -0.481 e. The molecule has 0 bridgehead atoms. The molecular formula is C16H19NO3. The number of para-hydroxylation sites is 1. The minimum absolute atomic E-state index is 0.00112.